The topological polar surface area (TPSA) is 103 Å². The zero-order valence-electron chi connectivity index (χ0n) is 30.2. The number of benzene rings is 2. The molecule has 7 rings (SSSR count). The van der Waals surface area contributed by atoms with Crippen LogP contribution in [0.1, 0.15) is 87.5 Å². The number of carbonyl (C=O) groups excluding carboxylic acids is 2. The van der Waals surface area contributed by atoms with E-state index in [1.807, 2.05) is 6.92 Å². The van der Waals surface area contributed by atoms with Gasteiger partial charge >= 0.3 is 0 Å². The molecule has 270 valence electrons. The number of piperidine rings is 4. The minimum atomic E-state index is -0.230. The van der Waals surface area contributed by atoms with E-state index < -0.39 is 0 Å². The summed E-state index contributed by atoms with van der Waals surface area (Å²) in [6.45, 7) is 11.4. The SMILES string of the molecule is Cc1cc(N2CCC3(CCN(Cc4ccc([C@H]5C[C@@H](Nc6cnn(C)c(=O)c6C)CN(C)C5)cc4)CC3)CC2)ccc1C1CCC(=O)NC1=O.[HH].[HH]. The van der Waals surface area contributed by atoms with Gasteiger partial charge in [-0.15, -0.1) is 0 Å². The Kier molecular flexibility index (Phi) is 9.85. The van der Waals surface area contributed by atoms with Crippen molar-refractivity contribution in [3.05, 3.63) is 86.8 Å². The summed E-state index contributed by atoms with van der Waals surface area (Å²) in [5, 5.41) is 10.3. The van der Waals surface area contributed by atoms with Crippen LogP contribution in [0.3, 0.4) is 0 Å². The molecule has 50 heavy (non-hydrogen) atoms. The number of aromatic nitrogens is 2. The number of hydrogen-bond donors (Lipinski definition) is 2. The predicted molar refractivity (Wildman–Crippen MR) is 202 cm³/mol. The highest BCUT2D eigenvalue weighted by Crippen LogP contribution is 2.43. The summed E-state index contributed by atoms with van der Waals surface area (Å²) in [5.41, 5.74) is 8.14. The second-order valence-corrected chi connectivity index (χ2v) is 15.7. The maximum absolute atomic E-state index is 12.4. The van der Waals surface area contributed by atoms with E-state index in [0.717, 1.165) is 74.6 Å². The van der Waals surface area contributed by atoms with Crippen LogP contribution in [-0.4, -0.2) is 83.8 Å². The molecule has 0 aliphatic carbocycles. The number of imide groups is 1. The van der Waals surface area contributed by atoms with Gasteiger partial charge in [-0.2, -0.15) is 5.10 Å². The first-order chi connectivity index (χ1) is 24.1. The second kappa shape index (κ2) is 14.3. The average Bonchev–Trinajstić information content (AvgIpc) is 3.10. The molecule has 4 fully saturated rings. The molecule has 4 aliphatic rings. The van der Waals surface area contributed by atoms with Crippen molar-refractivity contribution in [2.24, 2.45) is 12.5 Å². The lowest BCUT2D eigenvalue weighted by Crippen LogP contribution is -2.46. The number of nitrogens with one attached hydrogen (secondary N) is 2. The molecule has 1 unspecified atom stereocenters. The molecule has 10 nitrogen and oxygen atoms in total. The Morgan fingerprint density at radius 2 is 1.66 bits per heavy atom. The molecule has 4 aliphatic heterocycles. The number of likely N-dealkylation sites (N-methyl/N-ethyl adjacent to an activating group) is 1. The van der Waals surface area contributed by atoms with Gasteiger partial charge in [-0.3, -0.25) is 24.6 Å². The van der Waals surface area contributed by atoms with Gasteiger partial charge in [0.2, 0.25) is 11.8 Å². The molecule has 2 N–H and O–H groups in total. The second-order valence-electron chi connectivity index (χ2n) is 15.7. The molecule has 0 bridgehead atoms. The highest BCUT2D eigenvalue weighted by molar-refractivity contribution is 6.01. The van der Waals surface area contributed by atoms with Crippen LogP contribution in [0.4, 0.5) is 11.4 Å². The van der Waals surface area contributed by atoms with Gasteiger partial charge in [-0.25, -0.2) is 4.68 Å². The van der Waals surface area contributed by atoms with Crippen LogP contribution in [-0.2, 0) is 23.2 Å². The van der Waals surface area contributed by atoms with Gasteiger partial charge in [-0.05, 0) is 118 Å². The quantitative estimate of drug-likeness (QED) is 0.328. The molecule has 0 radical (unpaired) electrons. The molecule has 0 saturated carbocycles. The van der Waals surface area contributed by atoms with Gasteiger partial charge in [0.1, 0.15) is 0 Å². The maximum Gasteiger partial charge on any atom is 0.271 e. The van der Waals surface area contributed by atoms with Gasteiger partial charge in [-0.1, -0.05) is 30.3 Å². The highest BCUT2D eigenvalue weighted by atomic mass is 16.2. The lowest BCUT2D eigenvalue weighted by molar-refractivity contribution is -0.134. The van der Waals surface area contributed by atoms with E-state index in [-0.39, 0.29) is 32.2 Å². The molecular formula is C40H57N7O3. The fraction of sp³-hybridized carbons (Fsp3) is 0.550. The van der Waals surface area contributed by atoms with Crippen molar-refractivity contribution in [1.82, 2.24) is 24.9 Å². The summed E-state index contributed by atoms with van der Waals surface area (Å²) >= 11 is 0. The Hall–Kier alpha value is -4.02. The van der Waals surface area contributed by atoms with Crippen LogP contribution < -0.4 is 21.1 Å². The van der Waals surface area contributed by atoms with Crippen LogP contribution in [0, 0.1) is 19.3 Å². The van der Waals surface area contributed by atoms with Crippen molar-refractivity contribution < 1.29 is 12.4 Å². The number of hydrogen-bond acceptors (Lipinski definition) is 8. The molecule has 3 atom stereocenters. The van der Waals surface area contributed by atoms with Crippen molar-refractivity contribution in [3.8, 4) is 0 Å². The number of aryl methyl sites for hydroxylation is 2. The van der Waals surface area contributed by atoms with Gasteiger partial charge in [0, 0.05) is 66.3 Å². The first kappa shape index (κ1) is 34.4. The average molecular weight is 684 g/mol. The van der Waals surface area contributed by atoms with Gasteiger partial charge < -0.3 is 15.1 Å². The number of rotatable bonds is 7. The molecule has 2 aromatic carbocycles. The molecule has 1 aromatic heterocycles. The van der Waals surface area contributed by atoms with E-state index in [4.69, 9.17) is 0 Å². The number of amides is 2. The monoisotopic (exact) mass is 683 g/mol. The summed E-state index contributed by atoms with van der Waals surface area (Å²) in [6, 6.07) is 16.1. The third kappa shape index (κ3) is 7.37. The number of likely N-dealkylation sites (tertiary alicyclic amines) is 2. The highest BCUT2D eigenvalue weighted by Gasteiger charge is 2.38. The Morgan fingerprint density at radius 1 is 0.940 bits per heavy atom. The Morgan fingerprint density at radius 3 is 2.36 bits per heavy atom. The van der Waals surface area contributed by atoms with E-state index in [2.05, 4.69) is 86.9 Å². The first-order valence-electron chi connectivity index (χ1n) is 18.5. The maximum atomic E-state index is 12.4. The van der Waals surface area contributed by atoms with Crippen LogP contribution >= 0.6 is 0 Å². The van der Waals surface area contributed by atoms with E-state index in [9.17, 15) is 14.4 Å². The molecule has 10 heteroatoms. The van der Waals surface area contributed by atoms with Crippen molar-refractivity contribution in [1.29, 1.82) is 0 Å². The Balaban J connectivity index is 0.00000261. The summed E-state index contributed by atoms with van der Waals surface area (Å²) in [6.07, 6.45) is 8.78. The fourth-order valence-electron chi connectivity index (χ4n) is 9.00. The Labute approximate surface area is 299 Å². The van der Waals surface area contributed by atoms with Crippen molar-refractivity contribution in [2.45, 2.75) is 83.2 Å². The normalized spacial score (nSPS) is 24.7. The largest absolute Gasteiger partial charge is 0.379 e. The standard InChI is InChI=1S/C40H53N7O3.2H2/c1-27-21-33(9-10-34(27)35-11-12-37(48)43-38(35)49)47-19-15-40(16-20-47)13-17-46(18-14-40)24-29-5-7-30(8-6-29)31-22-32(26-44(3)25-31)42-36-23-41-45(4)39(50)28(36)2;;/h5-10,21,23,31-32,35,42H,11-20,22,24-26H2,1-4H3,(H,43,48,49);2*1H/t31-,32+,35?;;/m0../s1. The summed E-state index contributed by atoms with van der Waals surface area (Å²) in [7, 11) is 3.87. The molecule has 1 spiro atoms. The van der Waals surface area contributed by atoms with Crippen molar-refractivity contribution >= 4 is 23.2 Å². The third-order valence-electron chi connectivity index (χ3n) is 12.2. The molecule has 5 heterocycles. The zero-order valence-corrected chi connectivity index (χ0v) is 30.2. The predicted octanol–water partition coefficient (Wildman–Crippen LogP) is 5.19. The lowest BCUT2D eigenvalue weighted by Gasteiger charge is -2.47. The van der Waals surface area contributed by atoms with Crippen molar-refractivity contribution in [2.75, 3.05) is 56.5 Å². The van der Waals surface area contributed by atoms with E-state index in [1.165, 1.54) is 47.2 Å². The first-order valence-corrected chi connectivity index (χ1v) is 18.5. The molecule has 2 amide bonds. The van der Waals surface area contributed by atoms with Gasteiger partial charge in [0.15, 0.2) is 0 Å². The van der Waals surface area contributed by atoms with E-state index >= 15 is 0 Å². The Bertz CT molecular complexity index is 1780. The van der Waals surface area contributed by atoms with E-state index in [1.54, 1.807) is 13.2 Å². The number of anilines is 2. The lowest BCUT2D eigenvalue weighted by atomic mass is 9.71. The van der Waals surface area contributed by atoms with Crippen LogP contribution in [0.25, 0.3) is 0 Å². The summed E-state index contributed by atoms with van der Waals surface area (Å²) in [5.74, 6) is -0.120. The molecule has 3 aromatic rings. The van der Waals surface area contributed by atoms with Gasteiger partial charge in [0.25, 0.3) is 5.56 Å². The van der Waals surface area contributed by atoms with Gasteiger partial charge in [0.05, 0.1) is 17.8 Å². The zero-order chi connectivity index (χ0) is 35.0. The molecular weight excluding hydrogens is 626 g/mol. The number of carbonyl (C=O) groups is 2. The molecule has 4 saturated heterocycles. The van der Waals surface area contributed by atoms with Crippen LogP contribution in [0.2, 0.25) is 0 Å². The third-order valence-corrected chi connectivity index (χ3v) is 12.2. The smallest absolute Gasteiger partial charge is 0.271 e. The fourth-order valence-corrected chi connectivity index (χ4v) is 9.00. The summed E-state index contributed by atoms with van der Waals surface area (Å²) in [4.78, 5) is 44.0. The minimum absolute atomic E-state index is 0. The summed E-state index contributed by atoms with van der Waals surface area (Å²) < 4.78 is 1.39. The van der Waals surface area contributed by atoms with E-state index in [0.29, 0.717) is 24.2 Å². The number of nitrogens with zero attached hydrogens (tertiary/aromatic N) is 5. The van der Waals surface area contributed by atoms with Crippen LogP contribution in [0.15, 0.2) is 53.5 Å². The van der Waals surface area contributed by atoms with Crippen molar-refractivity contribution in [3.63, 3.8) is 0 Å². The van der Waals surface area contributed by atoms with Crippen LogP contribution in [0.5, 0.6) is 0 Å². The minimum Gasteiger partial charge on any atom is -0.379 e.